The molecule has 0 heterocycles. The fourth-order valence-corrected chi connectivity index (χ4v) is 0.273. The van der Waals surface area contributed by atoms with Gasteiger partial charge in [-0.05, 0) is 6.92 Å². The van der Waals surface area contributed by atoms with E-state index in [1.807, 2.05) is 6.92 Å². The van der Waals surface area contributed by atoms with Gasteiger partial charge in [0, 0.05) is 11.6 Å². The highest BCUT2D eigenvalue weighted by Crippen LogP contribution is 1.85. The number of halogens is 1. The molecule has 0 N–H and O–H groups in total. The molecule has 0 rings (SSSR count). The topological polar surface area (TPSA) is 26.3 Å². The Morgan fingerprint density at radius 3 is 2.88 bits per heavy atom. The van der Waals surface area contributed by atoms with Crippen molar-refractivity contribution in [2.45, 2.75) is 6.92 Å². The van der Waals surface area contributed by atoms with Crippen molar-refractivity contribution in [3.8, 4) is 0 Å². The van der Waals surface area contributed by atoms with E-state index in [4.69, 9.17) is 11.6 Å². The van der Waals surface area contributed by atoms with E-state index in [1.54, 1.807) is 12.2 Å². The van der Waals surface area contributed by atoms with Gasteiger partial charge in [0.2, 0.25) is 0 Å². The Hall–Kier alpha value is -0.500. The average Bonchev–Trinajstić information content (AvgIpc) is 1.66. The first-order valence-electron chi connectivity index (χ1n) is 2.20. The molecular formula is C5H7ClO2. The fraction of sp³-hybridized carbons (Fsp3) is 0.400. The van der Waals surface area contributed by atoms with Crippen LogP contribution in [-0.4, -0.2) is 12.0 Å². The first-order chi connectivity index (χ1) is 3.77. The van der Waals surface area contributed by atoms with Crippen LogP contribution < -0.4 is 0 Å². The number of ether oxygens (including phenoxy) is 1. The van der Waals surface area contributed by atoms with Gasteiger partial charge in [0.25, 0.3) is 0 Å². The molecule has 8 heavy (non-hydrogen) atoms. The second kappa shape index (κ2) is 4.65. The van der Waals surface area contributed by atoms with Crippen LogP contribution in [0.25, 0.3) is 0 Å². The third-order valence-electron chi connectivity index (χ3n) is 0.529. The van der Waals surface area contributed by atoms with Crippen LogP contribution in [0.4, 0.5) is 4.79 Å². The molecule has 0 aromatic carbocycles. The van der Waals surface area contributed by atoms with Gasteiger partial charge in [0.05, 0.1) is 0 Å². The molecule has 3 heteroatoms. The lowest BCUT2D eigenvalue weighted by Crippen LogP contribution is -1.91. The number of allylic oxidation sites excluding steroid dienone is 1. The zero-order valence-electron chi connectivity index (χ0n) is 4.56. The molecule has 0 amide bonds. The van der Waals surface area contributed by atoms with Crippen LogP contribution in [0.3, 0.4) is 0 Å². The van der Waals surface area contributed by atoms with Crippen molar-refractivity contribution in [1.29, 1.82) is 0 Å². The number of hydrogen-bond acceptors (Lipinski definition) is 2. The summed E-state index contributed by atoms with van der Waals surface area (Å²) in [6.07, 6.45) is 3.47. The summed E-state index contributed by atoms with van der Waals surface area (Å²) in [5, 5.41) is 0. The van der Waals surface area contributed by atoms with Crippen LogP contribution in [0.5, 0.6) is 0 Å². The van der Waals surface area contributed by atoms with E-state index in [1.165, 1.54) is 0 Å². The van der Waals surface area contributed by atoms with E-state index in [2.05, 4.69) is 4.74 Å². The molecule has 46 valence electrons. The summed E-state index contributed by atoms with van der Waals surface area (Å²) in [4.78, 5) is 9.83. The van der Waals surface area contributed by atoms with E-state index in [-0.39, 0.29) is 6.61 Å². The summed E-state index contributed by atoms with van der Waals surface area (Å²) >= 11 is 4.82. The van der Waals surface area contributed by atoms with Gasteiger partial charge in [-0.2, -0.15) is 0 Å². The van der Waals surface area contributed by atoms with Crippen molar-refractivity contribution >= 4 is 17.0 Å². The van der Waals surface area contributed by atoms with Crippen molar-refractivity contribution in [1.82, 2.24) is 0 Å². The Bertz CT molecular complexity index is 98.6. The highest BCUT2D eigenvalue weighted by atomic mass is 35.5. The summed E-state index contributed by atoms with van der Waals surface area (Å²) in [5.74, 6) is 0. The van der Waals surface area contributed by atoms with Crippen molar-refractivity contribution in [2.75, 3.05) is 6.61 Å². The molecule has 2 nitrogen and oxygen atoms in total. The Kier molecular flexibility index (Phi) is 4.36. The SMILES string of the molecule is C/C=C/COC(=O)Cl. The van der Waals surface area contributed by atoms with Crippen LogP contribution in [0.15, 0.2) is 12.2 Å². The molecule has 0 radical (unpaired) electrons. The van der Waals surface area contributed by atoms with Gasteiger partial charge >= 0.3 is 5.43 Å². The first-order valence-corrected chi connectivity index (χ1v) is 2.58. The van der Waals surface area contributed by atoms with Crippen LogP contribution >= 0.6 is 11.6 Å². The van der Waals surface area contributed by atoms with E-state index >= 15 is 0 Å². The first kappa shape index (κ1) is 7.50. The summed E-state index contributed by atoms with van der Waals surface area (Å²) in [7, 11) is 0. The Morgan fingerprint density at radius 1 is 1.88 bits per heavy atom. The van der Waals surface area contributed by atoms with Gasteiger partial charge in [0.1, 0.15) is 6.61 Å². The van der Waals surface area contributed by atoms with Crippen molar-refractivity contribution in [3.05, 3.63) is 12.2 Å². The standard InChI is InChI=1S/C5H7ClO2/c1-2-3-4-8-5(6)7/h2-3H,4H2,1H3/b3-2+. The maximum atomic E-state index is 9.83. The molecule has 0 bridgehead atoms. The highest BCUT2D eigenvalue weighted by molar-refractivity contribution is 6.61. The van der Waals surface area contributed by atoms with Crippen LogP contribution in [-0.2, 0) is 4.74 Å². The molecule has 0 aliphatic rings. The summed E-state index contributed by atoms with van der Waals surface area (Å²) in [6, 6.07) is 0. The van der Waals surface area contributed by atoms with Crippen LogP contribution in [0.2, 0.25) is 0 Å². The summed E-state index contributed by atoms with van der Waals surface area (Å²) in [5.41, 5.74) is -0.761. The molecule has 0 aromatic rings. The maximum absolute atomic E-state index is 9.83. The van der Waals surface area contributed by atoms with Gasteiger partial charge in [-0.25, -0.2) is 4.79 Å². The fourth-order valence-electron chi connectivity index (χ4n) is 0.210. The smallest absolute Gasteiger partial charge is 0.404 e. The minimum atomic E-state index is -0.761. The quantitative estimate of drug-likeness (QED) is 0.426. The van der Waals surface area contributed by atoms with Crippen LogP contribution in [0, 0.1) is 0 Å². The van der Waals surface area contributed by atoms with Gasteiger partial charge < -0.3 is 4.74 Å². The minimum absolute atomic E-state index is 0.263. The van der Waals surface area contributed by atoms with E-state index in [0.29, 0.717) is 0 Å². The van der Waals surface area contributed by atoms with Crippen LogP contribution in [0.1, 0.15) is 6.92 Å². The van der Waals surface area contributed by atoms with Crippen molar-refractivity contribution in [3.63, 3.8) is 0 Å². The Balaban J connectivity index is 3.05. The lowest BCUT2D eigenvalue weighted by molar-refractivity contribution is 0.186. The molecule has 0 fully saturated rings. The summed E-state index contributed by atoms with van der Waals surface area (Å²) in [6.45, 7) is 2.10. The van der Waals surface area contributed by atoms with E-state index in [9.17, 15) is 4.79 Å². The van der Waals surface area contributed by atoms with Gasteiger partial charge in [-0.1, -0.05) is 12.2 Å². The van der Waals surface area contributed by atoms with Crippen molar-refractivity contribution in [2.24, 2.45) is 0 Å². The number of carbonyl (C=O) groups is 1. The predicted octanol–water partition coefficient (Wildman–Crippen LogP) is 1.94. The van der Waals surface area contributed by atoms with E-state index < -0.39 is 5.43 Å². The number of rotatable bonds is 2. The Labute approximate surface area is 53.1 Å². The predicted molar refractivity (Wildman–Crippen MR) is 32.0 cm³/mol. The second-order valence-electron chi connectivity index (χ2n) is 1.12. The molecular weight excluding hydrogens is 128 g/mol. The maximum Gasteiger partial charge on any atom is 0.404 e. The lowest BCUT2D eigenvalue weighted by atomic mass is 10.6. The number of carbonyl (C=O) groups excluding carboxylic acids is 1. The zero-order valence-corrected chi connectivity index (χ0v) is 5.31. The average molecular weight is 135 g/mol. The third kappa shape index (κ3) is 5.50. The van der Waals surface area contributed by atoms with E-state index in [0.717, 1.165) is 0 Å². The monoisotopic (exact) mass is 134 g/mol. The summed E-state index contributed by atoms with van der Waals surface area (Å²) < 4.78 is 4.32. The molecule has 0 saturated heterocycles. The molecule has 0 aromatic heterocycles. The molecule has 0 aliphatic heterocycles. The number of hydrogen-bond donors (Lipinski definition) is 0. The zero-order chi connectivity index (χ0) is 6.41. The third-order valence-corrected chi connectivity index (χ3v) is 0.638. The van der Waals surface area contributed by atoms with Crippen molar-refractivity contribution < 1.29 is 9.53 Å². The molecule has 0 aliphatic carbocycles. The Morgan fingerprint density at radius 2 is 2.50 bits per heavy atom. The van der Waals surface area contributed by atoms with Gasteiger partial charge in [-0.3, -0.25) is 0 Å². The molecule has 0 unspecified atom stereocenters. The van der Waals surface area contributed by atoms with Gasteiger partial charge in [0.15, 0.2) is 0 Å². The molecule has 0 atom stereocenters. The van der Waals surface area contributed by atoms with Gasteiger partial charge in [-0.15, -0.1) is 0 Å². The normalized spacial score (nSPS) is 9.75. The minimum Gasteiger partial charge on any atom is -0.449 e. The highest BCUT2D eigenvalue weighted by Gasteiger charge is 1.88. The second-order valence-corrected chi connectivity index (χ2v) is 1.43. The molecule has 0 spiro atoms. The largest absolute Gasteiger partial charge is 0.449 e. The lowest BCUT2D eigenvalue weighted by Gasteiger charge is -1.89. The molecule has 0 saturated carbocycles.